The van der Waals surface area contributed by atoms with E-state index in [4.69, 9.17) is 5.26 Å². The van der Waals surface area contributed by atoms with Gasteiger partial charge in [-0.05, 0) is 6.07 Å². The van der Waals surface area contributed by atoms with Gasteiger partial charge in [-0.15, -0.1) is 0 Å². The highest BCUT2D eigenvalue weighted by Crippen LogP contribution is 2.13. The summed E-state index contributed by atoms with van der Waals surface area (Å²) in [5, 5.41) is 20.7. The lowest BCUT2D eigenvalue weighted by Gasteiger charge is -2.04. The lowest BCUT2D eigenvalue weighted by atomic mass is 10.2. The molecule has 0 spiro atoms. The molecule has 1 amide bonds. The maximum atomic E-state index is 11.9. The molecule has 0 radical (unpaired) electrons. The number of amides is 1. The molecule has 0 saturated heterocycles. The molecule has 1 aromatic carbocycles. The summed E-state index contributed by atoms with van der Waals surface area (Å²) in [6.07, 6.45) is 3.74. The van der Waals surface area contributed by atoms with Gasteiger partial charge in [-0.3, -0.25) is 14.2 Å². The minimum Gasteiger partial charge on any atom is -0.309 e. The fraction of sp³-hybridized carbons (Fsp3) is 0.200. The summed E-state index contributed by atoms with van der Waals surface area (Å²) in [6, 6.07) is 11.5. The van der Waals surface area contributed by atoms with E-state index < -0.39 is 0 Å². The van der Waals surface area contributed by atoms with E-state index in [1.54, 1.807) is 18.5 Å². The number of hydrogen-bond acceptors (Lipinski definition) is 4. The SMILES string of the molecule is N#CCn1ccc(NC(=O)CCn2ncc3ccccc32)n1. The topological polar surface area (TPSA) is 88.5 Å². The molecule has 7 heteroatoms. The molecule has 0 aliphatic carbocycles. The van der Waals surface area contributed by atoms with Crippen LogP contribution in [0.5, 0.6) is 0 Å². The minimum absolute atomic E-state index is 0.137. The molecule has 3 rings (SSSR count). The summed E-state index contributed by atoms with van der Waals surface area (Å²) in [6.45, 7) is 0.660. The number of nitrogens with one attached hydrogen (secondary N) is 1. The summed E-state index contributed by atoms with van der Waals surface area (Å²) < 4.78 is 3.28. The molecule has 0 aliphatic heterocycles. The van der Waals surface area contributed by atoms with Crippen molar-refractivity contribution in [3.05, 3.63) is 42.7 Å². The molecule has 2 heterocycles. The Morgan fingerprint density at radius 1 is 1.32 bits per heavy atom. The Morgan fingerprint density at radius 2 is 2.18 bits per heavy atom. The molecule has 0 unspecified atom stereocenters. The smallest absolute Gasteiger partial charge is 0.227 e. The van der Waals surface area contributed by atoms with Crippen LogP contribution in [-0.2, 0) is 17.9 Å². The number of fused-ring (bicyclic) bond motifs is 1. The van der Waals surface area contributed by atoms with Crippen molar-refractivity contribution in [1.82, 2.24) is 19.6 Å². The Labute approximate surface area is 126 Å². The standard InChI is InChI=1S/C15H14N6O/c16-7-10-20-8-5-14(19-20)18-15(22)6-9-21-13-4-2-1-3-12(13)11-17-21/h1-5,8,11H,6,9-10H2,(H,18,19,22). The quantitative estimate of drug-likeness (QED) is 0.777. The Hall–Kier alpha value is -3.14. The van der Waals surface area contributed by atoms with Crippen LogP contribution >= 0.6 is 0 Å². The van der Waals surface area contributed by atoms with Crippen LogP contribution < -0.4 is 5.32 Å². The molecule has 0 aliphatic rings. The Bertz CT molecular complexity index is 841. The first-order valence-corrected chi connectivity index (χ1v) is 6.87. The van der Waals surface area contributed by atoms with Crippen molar-refractivity contribution >= 4 is 22.6 Å². The second kappa shape index (κ2) is 6.10. The molecule has 0 saturated carbocycles. The molecule has 2 aromatic heterocycles. The average Bonchev–Trinajstić information content (AvgIpc) is 3.12. The van der Waals surface area contributed by atoms with Crippen LogP contribution in [0.1, 0.15) is 6.42 Å². The zero-order valence-electron chi connectivity index (χ0n) is 11.8. The lowest BCUT2D eigenvalue weighted by molar-refractivity contribution is -0.116. The third kappa shape index (κ3) is 2.96. The van der Waals surface area contributed by atoms with Gasteiger partial charge >= 0.3 is 0 Å². The number of carbonyl (C=O) groups excluding carboxylic acids is 1. The van der Waals surface area contributed by atoms with Gasteiger partial charge in [0.15, 0.2) is 5.82 Å². The molecule has 110 valence electrons. The average molecular weight is 294 g/mol. The van der Waals surface area contributed by atoms with E-state index in [-0.39, 0.29) is 12.5 Å². The highest BCUT2D eigenvalue weighted by molar-refractivity contribution is 5.89. The van der Waals surface area contributed by atoms with Crippen molar-refractivity contribution < 1.29 is 4.79 Å². The molecule has 3 aromatic rings. The van der Waals surface area contributed by atoms with E-state index >= 15 is 0 Å². The monoisotopic (exact) mass is 294 g/mol. The number of anilines is 1. The highest BCUT2D eigenvalue weighted by atomic mass is 16.1. The van der Waals surface area contributed by atoms with Gasteiger partial charge in [0.05, 0.1) is 24.3 Å². The first-order valence-electron chi connectivity index (χ1n) is 6.87. The van der Waals surface area contributed by atoms with Gasteiger partial charge in [0.2, 0.25) is 5.91 Å². The molecule has 0 fully saturated rings. The number of aryl methyl sites for hydroxylation is 1. The second-order valence-electron chi connectivity index (χ2n) is 4.78. The summed E-state index contributed by atoms with van der Waals surface area (Å²) in [7, 11) is 0. The summed E-state index contributed by atoms with van der Waals surface area (Å²) in [5.74, 6) is 0.312. The number of aromatic nitrogens is 4. The van der Waals surface area contributed by atoms with E-state index in [0.717, 1.165) is 10.9 Å². The first-order chi connectivity index (χ1) is 10.8. The van der Waals surface area contributed by atoms with Crippen LogP contribution in [0.15, 0.2) is 42.7 Å². The highest BCUT2D eigenvalue weighted by Gasteiger charge is 2.07. The van der Waals surface area contributed by atoms with Gasteiger partial charge in [-0.2, -0.15) is 15.5 Å². The Morgan fingerprint density at radius 3 is 3.05 bits per heavy atom. The van der Waals surface area contributed by atoms with Crippen molar-refractivity contribution in [2.45, 2.75) is 19.5 Å². The molecule has 22 heavy (non-hydrogen) atoms. The van der Waals surface area contributed by atoms with E-state index in [9.17, 15) is 4.79 Å². The van der Waals surface area contributed by atoms with Crippen molar-refractivity contribution in [3.8, 4) is 6.07 Å². The first kappa shape index (κ1) is 13.8. The van der Waals surface area contributed by atoms with Gasteiger partial charge in [0.1, 0.15) is 6.54 Å². The van der Waals surface area contributed by atoms with Crippen molar-refractivity contribution in [2.75, 3.05) is 5.32 Å². The van der Waals surface area contributed by atoms with Gasteiger partial charge < -0.3 is 5.32 Å². The predicted octanol–water partition coefficient (Wildman–Crippen LogP) is 1.79. The number of benzene rings is 1. The molecular formula is C15H14N6O. The largest absolute Gasteiger partial charge is 0.309 e. The van der Waals surface area contributed by atoms with Gasteiger partial charge in [-0.1, -0.05) is 18.2 Å². The van der Waals surface area contributed by atoms with Crippen LogP contribution in [0.4, 0.5) is 5.82 Å². The minimum atomic E-state index is -0.137. The number of nitrogens with zero attached hydrogens (tertiary/aromatic N) is 5. The Kier molecular flexibility index (Phi) is 3.83. The maximum absolute atomic E-state index is 11.9. The normalized spacial score (nSPS) is 10.5. The lowest BCUT2D eigenvalue weighted by Crippen LogP contribution is -2.15. The zero-order chi connectivity index (χ0) is 15.4. The summed E-state index contributed by atoms with van der Waals surface area (Å²) in [5.41, 5.74) is 1.01. The number of hydrogen-bond donors (Lipinski definition) is 1. The summed E-state index contributed by atoms with van der Waals surface area (Å²) in [4.78, 5) is 11.9. The Balaban J connectivity index is 1.59. The van der Waals surface area contributed by atoms with E-state index in [1.165, 1.54) is 4.68 Å². The van der Waals surface area contributed by atoms with Crippen LogP contribution in [0.2, 0.25) is 0 Å². The van der Waals surface area contributed by atoms with Crippen LogP contribution in [-0.4, -0.2) is 25.5 Å². The molecular weight excluding hydrogens is 280 g/mol. The maximum Gasteiger partial charge on any atom is 0.227 e. The van der Waals surface area contributed by atoms with Crippen LogP contribution in [0.3, 0.4) is 0 Å². The fourth-order valence-corrected chi connectivity index (χ4v) is 2.21. The molecule has 0 bridgehead atoms. The van der Waals surface area contributed by atoms with Crippen LogP contribution in [0.25, 0.3) is 10.9 Å². The number of rotatable bonds is 5. The molecule has 1 N–H and O–H groups in total. The van der Waals surface area contributed by atoms with Crippen molar-refractivity contribution in [3.63, 3.8) is 0 Å². The van der Waals surface area contributed by atoms with E-state index in [0.29, 0.717) is 18.8 Å². The second-order valence-corrected chi connectivity index (χ2v) is 4.78. The zero-order valence-corrected chi connectivity index (χ0v) is 11.8. The van der Waals surface area contributed by atoms with Gasteiger partial charge in [0.25, 0.3) is 0 Å². The van der Waals surface area contributed by atoms with Crippen LogP contribution in [0, 0.1) is 11.3 Å². The third-order valence-electron chi connectivity index (χ3n) is 3.24. The molecule has 7 nitrogen and oxygen atoms in total. The number of carbonyl (C=O) groups is 1. The van der Waals surface area contributed by atoms with Crippen molar-refractivity contribution in [2.24, 2.45) is 0 Å². The van der Waals surface area contributed by atoms with E-state index in [1.807, 2.05) is 35.0 Å². The van der Waals surface area contributed by atoms with Gasteiger partial charge in [-0.25, -0.2) is 0 Å². The summed E-state index contributed by atoms with van der Waals surface area (Å²) >= 11 is 0. The van der Waals surface area contributed by atoms with E-state index in [2.05, 4.69) is 15.5 Å². The van der Waals surface area contributed by atoms with Crippen molar-refractivity contribution in [1.29, 1.82) is 5.26 Å². The fourth-order valence-electron chi connectivity index (χ4n) is 2.21. The predicted molar refractivity (Wildman–Crippen MR) is 80.8 cm³/mol. The number of para-hydroxylation sites is 1. The number of nitriles is 1. The third-order valence-corrected chi connectivity index (χ3v) is 3.24. The molecule has 0 atom stereocenters. The van der Waals surface area contributed by atoms with Gasteiger partial charge in [0, 0.05) is 24.1 Å².